The molecule has 2 aromatic heterocycles. The minimum Gasteiger partial charge on any atom is -0.372 e. The molecule has 2 heterocycles. The molecule has 2 aromatic rings. The van der Waals surface area contributed by atoms with Gasteiger partial charge in [0.1, 0.15) is 12.1 Å². The average molecular weight is 175 g/mol. The van der Waals surface area contributed by atoms with Gasteiger partial charge >= 0.3 is 0 Å². The molecule has 0 bridgehead atoms. The van der Waals surface area contributed by atoms with Crippen LogP contribution in [0.4, 0.5) is 5.82 Å². The van der Waals surface area contributed by atoms with Crippen LogP contribution in [0.5, 0.6) is 0 Å². The van der Waals surface area contributed by atoms with Gasteiger partial charge in [0.2, 0.25) is 0 Å². The summed E-state index contributed by atoms with van der Waals surface area (Å²) in [6, 6.07) is 0. The molecule has 2 rings (SSSR count). The van der Waals surface area contributed by atoms with Crippen LogP contribution in [0, 0.1) is 0 Å². The van der Waals surface area contributed by atoms with Crippen LogP contribution in [0.3, 0.4) is 0 Å². The number of imidazole rings is 1. The van der Waals surface area contributed by atoms with Crippen molar-refractivity contribution in [2.45, 2.75) is 0 Å². The smallest absolute Gasteiger partial charge is 0.158 e. The van der Waals surface area contributed by atoms with Crippen molar-refractivity contribution in [2.24, 2.45) is 0 Å². The first-order valence-electron chi connectivity index (χ1n) is 3.88. The predicted octanol–water partition coefficient (Wildman–Crippen LogP) is 0.704. The molecule has 66 valence electrons. The van der Waals surface area contributed by atoms with Gasteiger partial charge in [0, 0.05) is 19.4 Å². The fourth-order valence-electron chi connectivity index (χ4n) is 0.995. The van der Waals surface area contributed by atoms with Crippen LogP contribution >= 0.6 is 0 Å². The van der Waals surface area contributed by atoms with Crippen LogP contribution in [-0.4, -0.2) is 26.6 Å². The third-order valence-corrected chi connectivity index (χ3v) is 1.65. The van der Waals surface area contributed by atoms with Crippen molar-refractivity contribution in [1.29, 1.82) is 0 Å². The monoisotopic (exact) mass is 175 g/mol. The van der Waals surface area contributed by atoms with Crippen molar-refractivity contribution in [1.82, 2.24) is 19.5 Å². The number of rotatable bonds is 2. The van der Waals surface area contributed by atoms with Gasteiger partial charge in [-0.15, -0.1) is 0 Å². The maximum absolute atomic E-state index is 4.28. The first-order valence-corrected chi connectivity index (χ1v) is 3.88. The molecule has 0 aromatic carbocycles. The third kappa shape index (κ3) is 1.48. The Hall–Kier alpha value is -1.91. The molecule has 0 aliphatic rings. The number of anilines is 1. The van der Waals surface area contributed by atoms with E-state index in [9.17, 15) is 0 Å². The Kier molecular flexibility index (Phi) is 1.91. The second-order valence-corrected chi connectivity index (χ2v) is 2.48. The summed E-state index contributed by atoms with van der Waals surface area (Å²) in [6.07, 6.45) is 8.56. The molecule has 0 atom stereocenters. The van der Waals surface area contributed by atoms with Gasteiger partial charge in [0.05, 0.1) is 12.4 Å². The van der Waals surface area contributed by atoms with E-state index in [4.69, 9.17) is 0 Å². The molecule has 1 N–H and O–H groups in total. The topological polar surface area (TPSA) is 55.6 Å². The molecular formula is C8H9N5. The second-order valence-electron chi connectivity index (χ2n) is 2.48. The van der Waals surface area contributed by atoms with E-state index in [0.29, 0.717) is 0 Å². The highest BCUT2D eigenvalue weighted by Gasteiger charge is 1.97. The predicted molar refractivity (Wildman–Crippen MR) is 48.7 cm³/mol. The lowest BCUT2D eigenvalue weighted by atomic mass is 10.6. The summed E-state index contributed by atoms with van der Waals surface area (Å²) in [5, 5.41) is 2.92. The van der Waals surface area contributed by atoms with E-state index >= 15 is 0 Å². The van der Waals surface area contributed by atoms with Gasteiger partial charge in [-0.3, -0.25) is 9.55 Å². The van der Waals surface area contributed by atoms with Gasteiger partial charge in [0.15, 0.2) is 5.82 Å². The standard InChI is InChI=1S/C8H9N5/c1-9-7-4-11-5-8(12-7)13-3-2-10-6-13/h2-6H,1H3,(H,9,12). The van der Waals surface area contributed by atoms with E-state index in [1.165, 1.54) is 0 Å². The zero-order valence-electron chi connectivity index (χ0n) is 7.18. The summed E-state index contributed by atoms with van der Waals surface area (Å²) in [5.74, 6) is 1.50. The molecule has 0 spiro atoms. The highest BCUT2D eigenvalue weighted by atomic mass is 15.1. The van der Waals surface area contributed by atoms with E-state index in [1.807, 2.05) is 13.2 Å². The Labute approximate surface area is 75.5 Å². The summed E-state index contributed by atoms with van der Waals surface area (Å²) in [6.45, 7) is 0. The fourth-order valence-corrected chi connectivity index (χ4v) is 0.995. The van der Waals surface area contributed by atoms with Crippen molar-refractivity contribution < 1.29 is 0 Å². The molecule has 5 nitrogen and oxygen atoms in total. The van der Waals surface area contributed by atoms with Crippen LogP contribution < -0.4 is 5.32 Å². The van der Waals surface area contributed by atoms with Gasteiger partial charge in [-0.25, -0.2) is 9.97 Å². The maximum atomic E-state index is 4.28. The summed E-state index contributed by atoms with van der Waals surface area (Å²) in [7, 11) is 1.81. The first kappa shape index (κ1) is 7.72. The van der Waals surface area contributed by atoms with E-state index in [-0.39, 0.29) is 0 Å². The lowest BCUT2D eigenvalue weighted by Crippen LogP contribution is -1.99. The number of nitrogens with zero attached hydrogens (tertiary/aromatic N) is 4. The minimum absolute atomic E-state index is 0.742. The van der Waals surface area contributed by atoms with Crippen LogP contribution in [0.1, 0.15) is 0 Å². The summed E-state index contributed by atoms with van der Waals surface area (Å²) < 4.78 is 1.80. The highest BCUT2D eigenvalue weighted by molar-refractivity contribution is 5.34. The second kappa shape index (κ2) is 3.22. The van der Waals surface area contributed by atoms with E-state index < -0.39 is 0 Å². The van der Waals surface area contributed by atoms with Crippen LogP contribution in [0.25, 0.3) is 5.82 Å². The number of nitrogens with one attached hydrogen (secondary N) is 1. The van der Waals surface area contributed by atoms with E-state index in [2.05, 4.69) is 20.3 Å². The zero-order valence-corrected chi connectivity index (χ0v) is 7.18. The Morgan fingerprint density at radius 2 is 2.23 bits per heavy atom. The van der Waals surface area contributed by atoms with Crippen molar-refractivity contribution in [3.05, 3.63) is 31.1 Å². The third-order valence-electron chi connectivity index (χ3n) is 1.65. The Morgan fingerprint density at radius 1 is 1.31 bits per heavy atom. The summed E-state index contributed by atoms with van der Waals surface area (Å²) >= 11 is 0. The molecule has 0 saturated carbocycles. The van der Waals surface area contributed by atoms with Crippen molar-refractivity contribution >= 4 is 5.82 Å². The molecule has 0 unspecified atom stereocenters. The van der Waals surface area contributed by atoms with Gasteiger partial charge < -0.3 is 5.32 Å². The normalized spacial score (nSPS) is 9.92. The molecule has 5 heteroatoms. The van der Waals surface area contributed by atoms with Gasteiger partial charge in [-0.05, 0) is 0 Å². The van der Waals surface area contributed by atoms with Crippen molar-refractivity contribution in [3.63, 3.8) is 0 Å². The van der Waals surface area contributed by atoms with Crippen molar-refractivity contribution in [3.8, 4) is 5.82 Å². The molecule has 13 heavy (non-hydrogen) atoms. The number of hydrogen-bond acceptors (Lipinski definition) is 4. The number of hydrogen-bond donors (Lipinski definition) is 1. The van der Waals surface area contributed by atoms with Crippen molar-refractivity contribution in [2.75, 3.05) is 12.4 Å². The molecule has 0 aliphatic heterocycles. The molecule has 0 aliphatic carbocycles. The van der Waals surface area contributed by atoms with Gasteiger partial charge in [-0.2, -0.15) is 0 Å². The molecule has 0 amide bonds. The molecule has 0 saturated heterocycles. The quantitative estimate of drug-likeness (QED) is 0.730. The molecule has 0 fully saturated rings. The van der Waals surface area contributed by atoms with Crippen LogP contribution in [0.15, 0.2) is 31.1 Å². The van der Waals surface area contributed by atoms with E-state index in [0.717, 1.165) is 11.6 Å². The maximum Gasteiger partial charge on any atom is 0.158 e. The lowest BCUT2D eigenvalue weighted by Gasteiger charge is -2.02. The lowest BCUT2D eigenvalue weighted by molar-refractivity contribution is 0.972. The van der Waals surface area contributed by atoms with Crippen LogP contribution in [-0.2, 0) is 0 Å². The van der Waals surface area contributed by atoms with Crippen LogP contribution in [0.2, 0.25) is 0 Å². The SMILES string of the molecule is CNc1cncc(-n2ccnc2)n1. The van der Waals surface area contributed by atoms with Gasteiger partial charge in [-0.1, -0.05) is 0 Å². The van der Waals surface area contributed by atoms with E-state index in [1.54, 1.807) is 29.5 Å². The first-order chi connectivity index (χ1) is 6.40. The molecular weight excluding hydrogens is 166 g/mol. The molecule has 0 radical (unpaired) electrons. The highest BCUT2D eigenvalue weighted by Crippen LogP contribution is 2.05. The summed E-state index contributed by atoms with van der Waals surface area (Å²) in [5.41, 5.74) is 0. The largest absolute Gasteiger partial charge is 0.372 e. The number of aromatic nitrogens is 4. The Balaban J connectivity index is 2.41. The Morgan fingerprint density at radius 3 is 2.92 bits per heavy atom. The fraction of sp³-hybridized carbons (Fsp3) is 0.125. The minimum atomic E-state index is 0.742. The van der Waals surface area contributed by atoms with Gasteiger partial charge in [0.25, 0.3) is 0 Å². The zero-order chi connectivity index (χ0) is 9.10. The summed E-state index contributed by atoms with van der Waals surface area (Å²) in [4.78, 5) is 12.2. The average Bonchev–Trinajstić information content (AvgIpc) is 2.71. The Bertz CT molecular complexity index is 381.